The molecule has 0 bridgehead atoms. The van der Waals surface area contributed by atoms with Crippen molar-refractivity contribution in [3.8, 4) is 11.5 Å². The fourth-order valence-electron chi connectivity index (χ4n) is 2.17. The molecule has 0 unspecified atom stereocenters. The molecule has 2 aromatic carbocycles. The first-order valence-corrected chi connectivity index (χ1v) is 7.25. The van der Waals surface area contributed by atoms with Crippen LogP contribution in [-0.2, 0) is 0 Å². The van der Waals surface area contributed by atoms with Gasteiger partial charge >= 0.3 is 0 Å². The summed E-state index contributed by atoms with van der Waals surface area (Å²) >= 11 is 6.29. The number of hydrogen-bond donors (Lipinski definition) is 2. The Morgan fingerprint density at radius 2 is 2.00 bits per heavy atom. The van der Waals surface area contributed by atoms with Crippen LogP contribution in [0.25, 0.3) is 11.0 Å². The topological polar surface area (TPSA) is 71.5 Å². The normalized spacial score (nSPS) is 11.1. The minimum absolute atomic E-state index is 0.432. The number of imidazole rings is 1. The summed E-state index contributed by atoms with van der Waals surface area (Å²) in [5.74, 6) is 1.60. The molecule has 0 saturated heterocycles. The summed E-state index contributed by atoms with van der Waals surface area (Å²) in [6.07, 6.45) is 1.59. The van der Waals surface area contributed by atoms with E-state index in [4.69, 9.17) is 21.1 Å². The van der Waals surface area contributed by atoms with E-state index in [1.165, 1.54) is 7.11 Å². The molecular formula is C16H15ClN4O2. The number of halogens is 1. The molecule has 0 aliphatic heterocycles. The largest absolute Gasteiger partial charge is 0.493 e. The van der Waals surface area contributed by atoms with E-state index in [2.05, 4.69) is 20.5 Å². The molecule has 23 heavy (non-hydrogen) atoms. The van der Waals surface area contributed by atoms with Gasteiger partial charge in [0.2, 0.25) is 5.95 Å². The third kappa shape index (κ3) is 3.07. The predicted molar refractivity (Wildman–Crippen MR) is 91.9 cm³/mol. The third-order valence-electron chi connectivity index (χ3n) is 3.28. The fourth-order valence-corrected chi connectivity index (χ4v) is 2.46. The van der Waals surface area contributed by atoms with Crippen LogP contribution in [0, 0.1) is 0 Å². The number of hydrogen-bond acceptors (Lipinski definition) is 5. The number of ether oxygens (including phenoxy) is 2. The number of anilines is 1. The standard InChI is InChI=1S/C16H15ClN4O2/c1-22-13-8-7-10(14(17)15(13)23-2)9-18-21-16-19-11-5-3-4-6-12(11)20-16/h3-9H,1-2H3,(H2,19,20,21)/b18-9-. The van der Waals surface area contributed by atoms with Gasteiger partial charge in [-0.05, 0) is 24.3 Å². The number of aromatic nitrogens is 2. The summed E-state index contributed by atoms with van der Waals surface area (Å²) in [6.45, 7) is 0. The van der Waals surface area contributed by atoms with Crippen molar-refractivity contribution in [1.82, 2.24) is 9.97 Å². The van der Waals surface area contributed by atoms with Gasteiger partial charge in [-0.1, -0.05) is 23.7 Å². The van der Waals surface area contributed by atoms with Crippen molar-refractivity contribution < 1.29 is 9.47 Å². The van der Waals surface area contributed by atoms with Gasteiger partial charge in [0.25, 0.3) is 0 Å². The molecule has 0 atom stereocenters. The Bertz CT molecular complexity index is 827. The zero-order valence-corrected chi connectivity index (χ0v) is 13.4. The average molecular weight is 331 g/mol. The molecule has 7 heteroatoms. The Kier molecular flexibility index (Phi) is 4.34. The second-order valence-electron chi connectivity index (χ2n) is 4.68. The monoisotopic (exact) mass is 330 g/mol. The van der Waals surface area contributed by atoms with Crippen LogP contribution in [0.1, 0.15) is 5.56 Å². The first-order chi connectivity index (χ1) is 11.2. The molecule has 3 rings (SSSR count). The summed E-state index contributed by atoms with van der Waals surface area (Å²) in [5, 5.41) is 4.58. The van der Waals surface area contributed by atoms with Gasteiger partial charge < -0.3 is 14.5 Å². The lowest BCUT2D eigenvalue weighted by molar-refractivity contribution is 0.355. The number of hydrazone groups is 1. The Morgan fingerprint density at radius 1 is 1.17 bits per heavy atom. The minimum atomic E-state index is 0.432. The van der Waals surface area contributed by atoms with Gasteiger partial charge in [0.15, 0.2) is 11.5 Å². The molecule has 0 spiro atoms. The van der Waals surface area contributed by atoms with Gasteiger partial charge in [-0.15, -0.1) is 0 Å². The van der Waals surface area contributed by atoms with E-state index >= 15 is 0 Å². The second-order valence-corrected chi connectivity index (χ2v) is 5.05. The number of para-hydroxylation sites is 2. The van der Waals surface area contributed by atoms with Gasteiger partial charge in [0.1, 0.15) is 0 Å². The fraction of sp³-hybridized carbons (Fsp3) is 0.125. The smallest absolute Gasteiger partial charge is 0.222 e. The van der Waals surface area contributed by atoms with Gasteiger partial charge in [-0.3, -0.25) is 0 Å². The molecule has 0 amide bonds. The Balaban J connectivity index is 1.80. The number of fused-ring (bicyclic) bond motifs is 1. The quantitative estimate of drug-likeness (QED) is 0.553. The summed E-state index contributed by atoms with van der Waals surface area (Å²) in [7, 11) is 3.10. The van der Waals surface area contributed by atoms with Crippen molar-refractivity contribution in [2.45, 2.75) is 0 Å². The molecule has 1 aromatic heterocycles. The van der Waals surface area contributed by atoms with Gasteiger partial charge in [-0.2, -0.15) is 5.10 Å². The van der Waals surface area contributed by atoms with Crippen LogP contribution in [0.3, 0.4) is 0 Å². The Hall–Kier alpha value is -2.73. The first-order valence-electron chi connectivity index (χ1n) is 6.87. The van der Waals surface area contributed by atoms with Crippen molar-refractivity contribution in [3.63, 3.8) is 0 Å². The van der Waals surface area contributed by atoms with E-state index in [-0.39, 0.29) is 0 Å². The van der Waals surface area contributed by atoms with Crippen molar-refractivity contribution in [1.29, 1.82) is 0 Å². The number of methoxy groups -OCH3 is 2. The lowest BCUT2D eigenvalue weighted by Crippen LogP contribution is -1.96. The van der Waals surface area contributed by atoms with Crippen LogP contribution in [0.4, 0.5) is 5.95 Å². The zero-order chi connectivity index (χ0) is 16.2. The maximum Gasteiger partial charge on any atom is 0.222 e. The predicted octanol–water partition coefficient (Wildman–Crippen LogP) is 3.68. The van der Waals surface area contributed by atoms with Crippen LogP contribution in [0.5, 0.6) is 11.5 Å². The molecule has 3 aromatic rings. The third-order valence-corrected chi connectivity index (χ3v) is 3.67. The van der Waals surface area contributed by atoms with E-state index in [1.807, 2.05) is 24.3 Å². The average Bonchev–Trinajstić information content (AvgIpc) is 2.98. The summed E-state index contributed by atoms with van der Waals surface area (Å²) < 4.78 is 10.4. The molecule has 2 N–H and O–H groups in total. The molecule has 0 radical (unpaired) electrons. The molecule has 0 aliphatic carbocycles. The second kappa shape index (κ2) is 6.58. The van der Waals surface area contributed by atoms with Gasteiger partial charge in [-0.25, -0.2) is 10.4 Å². The van der Waals surface area contributed by atoms with Crippen molar-refractivity contribution in [2.75, 3.05) is 19.6 Å². The van der Waals surface area contributed by atoms with Crippen LogP contribution in [-0.4, -0.2) is 30.4 Å². The number of nitrogens with one attached hydrogen (secondary N) is 2. The summed E-state index contributed by atoms with van der Waals surface area (Å²) in [4.78, 5) is 7.49. The van der Waals surface area contributed by atoms with Crippen molar-refractivity contribution in [2.24, 2.45) is 5.10 Å². The first kappa shape index (κ1) is 15.2. The van der Waals surface area contributed by atoms with E-state index in [0.717, 1.165) is 11.0 Å². The zero-order valence-electron chi connectivity index (χ0n) is 12.6. The number of nitrogens with zero attached hydrogens (tertiary/aromatic N) is 2. The number of rotatable bonds is 5. The maximum atomic E-state index is 6.29. The molecule has 6 nitrogen and oxygen atoms in total. The SMILES string of the molecule is COc1ccc(/C=N\Nc2nc3ccccc3[nH]2)c(Cl)c1OC. The van der Waals surface area contributed by atoms with E-state index in [9.17, 15) is 0 Å². The van der Waals surface area contributed by atoms with Crippen LogP contribution in [0.15, 0.2) is 41.5 Å². The number of benzene rings is 2. The van der Waals surface area contributed by atoms with Crippen LogP contribution in [0.2, 0.25) is 5.02 Å². The highest BCUT2D eigenvalue weighted by Crippen LogP contribution is 2.36. The van der Waals surface area contributed by atoms with Gasteiger partial charge in [0.05, 0.1) is 36.5 Å². The van der Waals surface area contributed by atoms with Crippen molar-refractivity contribution >= 4 is 34.8 Å². The highest BCUT2D eigenvalue weighted by molar-refractivity contribution is 6.34. The molecule has 0 aliphatic rings. The molecule has 0 fully saturated rings. The molecular weight excluding hydrogens is 316 g/mol. The molecule has 0 saturated carbocycles. The lowest BCUT2D eigenvalue weighted by Gasteiger charge is -2.10. The van der Waals surface area contributed by atoms with E-state index < -0.39 is 0 Å². The highest BCUT2D eigenvalue weighted by atomic mass is 35.5. The van der Waals surface area contributed by atoms with Crippen LogP contribution >= 0.6 is 11.6 Å². The maximum absolute atomic E-state index is 6.29. The number of aromatic amines is 1. The van der Waals surface area contributed by atoms with E-state index in [0.29, 0.717) is 28.0 Å². The highest BCUT2D eigenvalue weighted by Gasteiger charge is 2.11. The van der Waals surface area contributed by atoms with Gasteiger partial charge in [0, 0.05) is 5.56 Å². The number of H-pyrrole nitrogens is 1. The molecule has 1 heterocycles. The van der Waals surface area contributed by atoms with Crippen LogP contribution < -0.4 is 14.9 Å². The lowest BCUT2D eigenvalue weighted by atomic mass is 10.2. The van der Waals surface area contributed by atoms with E-state index in [1.54, 1.807) is 25.5 Å². The Morgan fingerprint density at radius 3 is 2.74 bits per heavy atom. The minimum Gasteiger partial charge on any atom is -0.493 e. The summed E-state index contributed by atoms with van der Waals surface area (Å²) in [6, 6.07) is 11.3. The Labute approximate surface area is 138 Å². The molecule has 118 valence electrons. The summed E-state index contributed by atoms with van der Waals surface area (Å²) in [5.41, 5.74) is 5.36. The van der Waals surface area contributed by atoms with Crippen molar-refractivity contribution in [3.05, 3.63) is 47.0 Å².